The van der Waals surface area contributed by atoms with Crippen molar-refractivity contribution in [2.24, 2.45) is 5.92 Å². The molecule has 1 amide bonds. The summed E-state index contributed by atoms with van der Waals surface area (Å²) in [6.07, 6.45) is 1.89. The molecule has 2 aliphatic heterocycles. The molecule has 0 bridgehead atoms. The van der Waals surface area contributed by atoms with E-state index in [0.717, 1.165) is 43.7 Å². The van der Waals surface area contributed by atoms with Gasteiger partial charge in [0.1, 0.15) is 5.82 Å². The Hall–Kier alpha value is -3.26. The zero-order valence-electron chi connectivity index (χ0n) is 18.6. The molecular formula is C25H28FN5O2. The Balaban J connectivity index is 1.14. The van der Waals surface area contributed by atoms with E-state index in [9.17, 15) is 9.18 Å². The van der Waals surface area contributed by atoms with Gasteiger partial charge in [0.2, 0.25) is 17.6 Å². The fourth-order valence-electron chi connectivity index (χ4n) is 4.71. The van der Waals surface area contributed by atoms with Gasteiger partial charge in [0.05, 0.1) is 12.5 Å². The number of likely N-dealkylation sites (tertiary alicyclic amines) is 1. The summed E-state index contributed by atoms with van der Waals surface area (Å²) >= 11 is 0. The van der Waals surface area contributed by atoms with Crippen molar-refractivity contribution in [2.45, 2.75) is 19.4 Å². The lowest BCUT2D eigenvalue weighted by atomic mass is 9.96. The van der Waals surface area contributed by atoms with Crippen molar-refractivity contribution in [1.29, 1.82) is 0 Å². The van der Waals surface area contributed by atoms with Crippen LogP contribution in [0.3, 0.4) is 0 Å². The summed E-state index contributed by atoms with van der Waals surface area (Å²) in [6, 6.07) is 16.3. The molecule has 0 radical (unpaired) electrons. The molecule has 3 heterocycles. The van der Waals surface area contributed by atoms with Gasteiger partial charge in [-0.25, -0.2) is 4.39 Å². The number of hydrogen-bond donors (Lipinski definition) is 0. The maximum absolute atomic E-state index is 13.2. The van der Waals surface area contributed by atoms with Crippen molar-refractivity contribution < 1.29 is 13.7 Å². The average Bonchev–Trinajstić information content (AvgIpc) is 3.33. The lowest BCUT2D eigenvalue weighted by molar-refractivity contribution is -0.137. The van der Waals surface area contributed by atoms with Crippen molar-refractivity contribution in [3.63, 3.8) is 0 Å². The van der Waals surface area contributed by atoms with E-state index >= 15 is 0 Å². The largest absolute Gasteiger partial charge is 0.368 e. The lowest BCUT2D eigenvalue weighted by Crippen LogP contribution is -2.52. The van der Waals surface area contributed by atoms with Crippen molar-refractivity contribution >= 4 is 11.6 Å². The number of nitrogens with zero attached hydrogens (tertiary/aromatic N) is 5. The molecule has 0 saturated carbocycles. The number of piperazine rings is 1. The predicted octanol–water partition coefficient (Wildman–Crippen LogP) is 3.44. The monoisotopic (exact) mass is 449 g/mol. The predicted molar refractivity (Wildman–Crippen MR) is 123 cm³/mol. The zero-order chi connectivity index (χ0) is 22.6. The van der Waals surface area contributed by atoms with Crippen molar-refractivity contribution in [3.05, 3.63) is 66.3 Å². The third kappa shape index (κ3) is 5.06. The summed E-state index contributed by atoms with van der Waals surface area (Å²) in [4.78, 5) is 24.2. The van der Waals surface area contributed by atoms with Crippen LogP contribution in [0.4, 0.5) is 10.1 Å². The number of carbonyl (C=O) groups excluding carboxylic acids is 1. The number of carbonyl (C=O) groups is 1. The second-order valence-electron chi connectivity index (χ2n) is 8.74. The Morgan fingerprint density at radius 2 is 1.76 bits per heavy atom. The molecule has 1 aromatic heterocycles. The first-order valence-corrected chi connectivity index (χ1v) is 11.6. The minimum Gasteiger partial charge on any atom is -0.368 e. The first-order valence-electron chi connectivity index (χ1n) is 11.6. The van der Waals surface area contributed by atoms with Crippen LogP contribution >= 0.6 is 0 Å². The van der Waals surface area contributed by atoms with E-state index in [1.807, 2.05) is 35.2 Å². The number of rotatable bonds is 5. The standard InChI is InChI=1S/C25H28FN5O2/c26-21-8-10-22(11-9-21)30-13-15-31(16-14-30)25(32)20-7-4-12-29(17-20)18-23-27-24(28-33-23)19-5-2-1-3-6-19/h1-3,5-6,8-11,20H,4,7,12-18H2. The smallest absolute Gasteiger partial charge is 0.241 e. The van der Waals surface area contributed by atoms with Crippen molar-refractivity contribution in [3.8, 4) is 11.4 Å². The summed E-state index contributed by atoms with van der Waals surface area (Å²) in [7, 11) is 0. The topological polar surface area (TPSA) is 65.7 Å². The molecule has 2 fully saturated rings. The second kappa shape index (κ2) is 9.70. The molecule has 7 nitrogen and oxygen atoms in total. The van der Waals surface area contributed by atoms with E-state index in [1.54, 1.807) is 12.1 Å². The molecule has 5 rings (SSSR count). The number of aromatic nitrogens is 2. The first kappa shape index (κ1) is 21.6. The molecule has 8 heteroatoms. The van der Waals surface area contributed by atoms with E-state index in [0.29, 0.717) is 37.9 Å². The third-order valence-electron chi connectivity index (χ3n) is 6.50. The molecule has 1 unspecified atom stereocenters. The number of halogens is 1. The molecule has 0 spiro atoms. The summed E-state index contributed by atoms with van der Waals surface area (Å²) in [6.45, 7) is 5.09. The Bertz CT molecular complexity index is 1060. The first-order chi connectivity index (χ1) is 16.2. The van der Waals surface area contributed by atoms with Gasteiger partial charge in [0.25, 0.3) is 0 Å². The van der Waals surface area contributed by atoms with Crippen LogP contribution in [-0.4, -0.2) is 65.1 Å². The van der Waals surface area contributed by atoms with E-state index in [2.05, 4.69) is 19.9 Å². The molecule has 0 aliphatic carbocycles. The minimum atomic E-state index is -0.230. The van der Waals surface area contributed by atoms with Gasteiger partial charge in [-0.15, -0.1) is 0 Å². The highest BCUT2D eigenvalue weighted by Gasteiger charge is 2.31. The average molecular weight is 450 g/mol. The van der Waals surface area contributed by atoms with Gasteiger partial charge in [-0.05, 0) is 43.7 Å². The van der Waals surface area contributed by atoms with Gasteiger partial charge < -0.3 is 14.3 Å². The molecule has 2 aromatic carbocycles. The lowest BCUT2D eigenvalue weighted by Gasteiger charge is -2.39. The molecule has 0 N–H and O–H groups in total. The fourth-order valence-corrected chi connectivity index (χ4v) is 4.71. The third-order valence-corrected chi connectivity index (χ3v) is 6.50. The highest BCUT2D eigenvalue weighted by atomic mass is 19.1. The maximum atomic E-state index is 13.2. The van der Waals surface area contributed by atoms with Crippen LogP contribution in [0.25, 0.3) is 11.4 Å². The van der Waals surface area contributed by atoms with Crippen molar-refractivity contribution in [2.75, 3.05) is 44.2 Å². The van der Waals surface area contributed by atoms with Crippen molar-refractivity contribution in [1.82, 2.24) is 19.9 Å². The molecular weight excluding hydrogens is 421 g/mol. The Morgan fingerprint density at radius 1 is 1.00 bits per heavy atom. The molecule has 2 aliphatic rings. The van der Waals surface area contributed by atoms with E-state index in [1.165, 1.54) is 12.1 Å². The van der Waals surface area contributed by atoms with Crippen LogP contribution in [0.1, 0.15) is 18.7 Å². The van der Waals surface area contributed by atoms with E-state index in [-0.39, 0.29) is 17.6 Å². The normalized spacial score (nSPS) is 19.6. The SMILES string of the molecule is O=C(C1CCCN(Cc2nc(-c3ccccc3)no2)C1)N1CCN(c2ccc(F)cc2)CC1. The summed E-state index contributed by atoms with van der Waals surface area (Å²) < 4.78 is 18.7. The van der Waals surface area contributed by atoms with Gasteiger partial charge in [-0.2, -0.15) is 4.98 Å². The highest BCUT2D eigenvalue weighted by Crippen LogP contribution is 2.23. The van der Waals surface area contributed by atoms with Gasteiger partial charge in [0, 0.05) is 44.0 Å². The van der Waals surface area contributed by atoms with Crippen LogP contribution in [0.2, 0.25) is 0 Å². The molecule has 172 valence electrons. The number of piperidine rings is 1. The quantitative estimate of drug-likeness (QED) is 0.595. The number of hydrogen-bond acceptors (Lipinski definition) is 6. The molecule has 3 aromatic rings. The Kier molecular flexibility index (Phi) is 6.35. The second-order valence-corrected chi connectivity index (χ2v) is 8.74. The Labute approximate surface area is 192 Å². The van der Waals surface area contributed by atoms with Crippen LogP contribution in [0.15, 0.2) is 59.1 Å². The molecule has 2 saturated heterocycles. The van der Waals surface area contributed by atoms with Crippen LogP contribution in [0, 0.1) is 11.7 Å². The summed E-state index contributed by atoms with van der Waals surface area (Å²) in [5.41, 5.74) is 1.93. The molecule has 1 atom stereocenters. The van der Waals surface area contributed by atoms with Gasteiger partial charge in [-0.3, -0.25) is 9.69 Å². The number of amides is 1. The van der Waals surface area contributed by atoms with Gasteiger partial charge >= 0.3 is 0 Å². The summed E-state index contributed by atoms with van der Waals surface area (Å²) in [5.74, 6) is 1.16. The van der Waals surface area contributed by atoms with E-state index in [4.69, 9.17) is 4.52 Å². The van der Waals surface area contributed by atoms with E-state index < -0.39 is 0 Å². The molecule has 33 heavy (non-hydrogen) atoms. The Morgan fingerprint density at radius 3 is 2.52 bits per heavy atom. The maximum Gasteiger partial charge on any atom is 0.241 e. The number of benzene rings is 2. The highest BCUT2D eigenvalue weighted by molar-refractivity contribution is 5.79. The van der Waals surface area contributed by atoms with Crippen LogP contribution < -0.4 is 4.90 Å². The van der Waals surface area contributed by atoms with Crippen LogP contribution in [-0.2, 0) is 11.3 Å². The zero-order valence-corrected chi connectivity index (χ0v) is 18.6. The fraction of sp³-hybridized carbons (Fsp3) is 0.400. The van der Waals surface area contributed by atoms with Gasteiger partial charge in [-0.1, -0.05) is 35.5 Å². The number of anilines is 1. The summed E-state index contributed by atoms with van der Waals surface area (Å²) in [5, 5.41) is 4.10. The van der Waals surface area contributed by atoms with Crippen LogP contribution in [0.5, 0.6) is 0 Å². The van der Waals surface area contributed by atoms with Gasteiger partial charge in [0.15, 0.2) is 0 Å². The minimum absolute atomic E-state index is 0.00682.